The zero-order chi connectivity index (χ0) is 21.5. The first-order chi connectivity index (χ1) is 14.9. The first-order valence-corrected chi connectivity index (χ1v) is 13.0. The molecule has 0 spiro atoms. The van der Waals surface area contributed by atoms with Crippen LogP contribution in [0.3, 0.4) is 0 Å². The van der Waals surface area contributed by atoms with Crippen LogP contribution in [0.25, 0.3) is 0 Å². The van der Waals surface area contributed by atoms with Gasteiger partial charge in [-0.3, -0.25) is 4.98 Å². The van der Waals surface area contributed by atoms with Gasteiger partial charge in [-0.05, 0) is 68.6 Å². The number of hydrogen-bond acceptors (Lipinski definition) is 2. The topological polar surface area (TPSA) is 33.1 Å². The zero-order valence-electron chi connectivity index (χ0n) is 19.9. The van der Waals surface area contributed by atoms with Crippen molar-refractivity contribution in [1.29, 1.82) is 0 Å². The molecule has 30 heavy (non-hydrogen) atoms. The molecule has 0 aliphatic heterocycles. The fourth-order valence-corrected chi connectivity index (χ4v) is 4.25. The molecule has 0 saturated carbocycles. The predicted octanol–water partition coefficient (Wildman–Crippen LogP) is 8.76. The first-order valence-electron chi connectivity index (χ1n) is 13.0. The minimum Gasteiger partial charge on any atom is -0.396 e. The minimum absolute atomic E-state index is 0.317. The summed E-state index contributed by atoms with van der Waals surface area (Å²) in [5.41, 5.74) is 1.43. The van der Waals surface area contributed by atoms with Crippen molar-refractivity contribution in [3.05, 3.63) is 42.2 Å². The van der Waals surface area contributed by atoms with E-state index in [0.29, 0.717) is 12.5 Å². The van der Waals surface area contributed by atoms with Gasteiger partial charge in [0.2, 0.25) is 0 Å². The third kappa shape index (κ3) is 15.7. The maximum absolute atomic E-state index is 9.06. The van der Waals surface area contributed by atoms with Gasteiger partial charge >= 0.3 is 0 Å². The lowest BCUT2D eigenvalue weighted by atomic mass is 9.89. The van der Waals surface area contributed by atoms with Crippen LogP contribution in [0.5, 0.6) is 0 Å². The maximum Gasteiger partial charge on any atom is 0.0431 e. The standard InChI is InChI=1S/C28H49NO/c1-2-3-4-5-6-7-8-9-10-11-12-13-14-15-16-17-20-27(21-18-19-26-30)28-22-24-29-25-23-28/h9-10,22-25,27,30H,2-8,11-21,26H2,1H3/b10-9+. The normalized spacial score (nSPS) is 12.6. The molecule has 0 aliphatic rings. The summed E-state index contributed by atoms with van der Waals surface area (Å²) in [6.07, 6.45) is 32.3. The number of aliphatic hydroxyl groups excluding tert-OH is 1. The molecule has 1 rings (SSSR count). The van der Waals surface area contributed by atoms with Gasteiger partial charge in [0, 0.05) is 19.0 Å². The molecule has 1 aromatic heterocycles. The lowest BCUT2D eigenvalue weighted by Gasteiger charge is -2.17. The fraction of sp³-hybridized carbons (Fsp3) is 0.750. The van der Waals surface area contributed by atoms with Crippen molar-refractivity contribution in [3.63, 3.8) is 0 Å². The monoisotopic (exact) mass is 415 g/mol. The van der Waals surface area contributed by atoms with E-state index in [1.165, 1.54) is 108 Å². The minimum atomic E-state index is 0.317. The van der Waals surface area contributed by atoms with Crippen LogP contribution in [0.2, 0.25) is 0 Å². The van der Waals surface area contributed by atoms with Crippen LogP contribution < -0.4 is 0 Å². The van der Waals surface area contributed by atoms with Gasteiger partial charge < -0.3 is 5.11 Å². The molecule has 0 bridgehead atoms. The van der Waals surface area contributed by atoms with Crippen molar-refractivity contribution in [2.75, 3.05) is 6.61 Å². The van der Waals surface area contributed by atoms with Crippen molar-refractivity contribution in [2.45, 2.75) is 128 Å². The summed E-state index contributed by atoms with van der Waals surface area (Å²) in [6, 6.07) is 4.34. The molecule has 172 valence electrons. The molecule has 0 aliphatic carbocycles. The van der Waals surface area contributed by atoms with Crippen molar-refractivity contribution in [3.8, 4) is 0 Å². The number of hydrogen-bond donors (Lipinski definition) is 1. The first kappa shape index (κ1) is 26.9. The van der Waals surface area contributed by atoms with Crippen LogP contribution in [0.4, 0.5) is 0 Å². The van der Waals surface area contributed by atoms with Crippen LogP contribution in [0.15, 0.2) is 36.7 Å². The largest absolute Gasteiger partial charge is 0.396 e. The SMILES string of the molecule is CCCCCCCC/C=C/CCCCCCCCC(CCCCO)c1ccncc1. The van der Waals surface area contributed by atoms with Gasteiger partial charge in [-0.25, -0.2) is 0 Å². The lowest BCUT2D eigenvalue weighted by Crippen LogP contribution is -2.00. The highest BCUT2D eigenvalue weighted by atomic mass is 16.2. The molecule has 1 heterocycles. The molecule has 0 saturated heterocycles. The summed E-state index contributed by atoms with van der Waals surface area (Å²) in [7, 11) is 0. The molecule has 0 radical (unpaired) electrons. The molecule has 0 amide bonds. The highest BCUT2D eigenvalue weighted by Crippen LogP contribution is 2.27. The number of allylic oxidation sites excluding steroid dienone is 2. The molecule has 0 aromatic carbocycles. The van der Waals surface area contributed by atoms with Crippen molar-refractivity contribution in [2.24, 2.45) is 0 Å². The van der Waals surface area contributed by atoms with Crippen LogP contribution in [0, 0.1) is 0 Å². The Balaban J connectivity index is 1.97. The molecule has 1 N–H and O–H groups in total. The average Bonchev–Trinajstić information content (AvgIpc) is 2.78. The summed E-state index contributed by atoms with van der Waals surface area (Å²) >= 11 is 0. The van der Waals surface area contributed by atoms with Gasteiger partial charge in [0.1, 0.15) is 0 Å². The lowest BCUT2D eigenvalue weighted by molar-refractivity contribution is 0.280. The summed E-state index contributed by atoms with van der Waals surface area (Å²) in [6.45, 7) is 2.60. The average molecular weight is 416 g/mol. The van der Waals surface area contributed by atoms with E-state index in [2.05, 4.69) is 36.2 Å². The van der Waals surface area contributed by atoms with Crippen molar-refractivity contribution in [1.82, 2.24) is 4.98 Å². The van der Waals surface area contributed by atoms with Gasteiger partial charge in [0.25, 0.3) is 0 Å². The Kier molecular flexibility index (Phi) is 18.9. The van der Waals surface area contributed by atoms with Gasteiger partial charge in [0.05, 0.1) is 0 Å². The Bertz CT molecular complexity index is 485. The molecule has 1 unspecified atom stereocenters. The Labute approximate surface area is 187 Å². The Hall–Kier alpha value is -1.15. The molecular formula is C28H49NO. The predicted molar refractivity (Wildman–Crippen MR) is 132 cm³/mol. The second-order valence-corrected chi connectivity index (χ2v) is 8.92. The summed E-state index contributed by atoms with van der Waals surface area (Å²) in [5.74, 6) is 0.635. The van der Waals surface area contributed by atoms with E-state index in [4.69, 9.17) is 5.11 Å². The molecule has 0 fully saturated rings. The van der Waals surface area contributed by atoms with Crippen LogP contribution in [-0.2, 0) is 0 Å². The van der Waals surface area contributed by atoms with E-state index in [1.54, 1.807) is 0 Å². The Morgan fingerprint density at radius 2 is 1.20 bits per heavy atom. The van der Waals surface area contributed by atoms with E-state index in [9.17, 15) is 0 Å². The van der Waals surface area contributed by atoms with E-state index in [-0.39, 0.29) is 0 Å². The summed E-state index contributed by atoms with van der Waals surface area (Å²) < 4.78 is 0. The van der Waals surface area contributed by atoms with E-state index < -0.39 is 0 Å². The molecule has 1 aromatic rings. The number of aromatic nitrogens is 1. The van der Waals surface area contributed by atoms with Gasteiger partial charge in [-0.1, -0.05) is 89.7 Å². The van der Waals surface area contributed by atoms with Crippen LogP contribution in [-0.4, -0.2) is 16.7 Å². The number of aliphatic hydroxyl groups is 1. The van der Waals surface area contributed by atoms with Crippen LogP contribution >= 0.6 is 0 Å². The Morgan fingerprint density at radius 3 is 1.77 bits per heavy atom. The maximum atomic E-state index is 9.06. The van der Waals surface area contributed by atoms with Gasteiger partial charge in [-0.2, -0.15) is 0 Å². The molecule has 2 nitrogen and oxygen atoms in total. The van der Waals surface area contributed by atoms with E-state index in [0.717, 1.165) is 12.8 Å². The number of rotatable bonds is 21. The third-order valence-electron chi connectivity index (χ3n) is 6.20. The number of unbranched alkanes of at least 4 members (excludes halogenated alkanes) is 13. The zero-order valence-corrected chi connectivity index (χ0v) is 19.9. The molecular weight excluding hydrogens is 366 g/mol. The number of pyridine rings is 1. The molecule has 1 atom stereocenters. The summed E-state index contributed by atoms with van der Waals surface area (Å²) in [5, 5.41) is 9.06. The van der Waals surface area contributed by atoms with Crippen molar-refractivity contribution < 1.29 is 5.11 Å². The van der Waals surface area contributed by atoms with Gasteiger partial charge in [-0.15, -0.1) is 0 Å². The second kappa shape index (κ2) is 21.1. The van der Waals surface area contributed by atoms with Gasteiger partial charge in [0.15, 0.2) is 0 Å². The quantitative estimate of drug-likeness (QED) is 0.161. The van der Waals surface area contributed by atoms with Crippen molar-refractivity contribution >= 4 is 0 Å². The molecule has 2 heteroatoms. The Morgan fingerprint density at radius 1 is 0.700 bits per heavy atom. The smallest absolute Gasteiger partial charge is 0.0431 e. The van der Waals surface area contributed by atoms with E-state index in [1.807, 2.05) is 12.4 Å². The fourth-order valence-electron chi connectivity index (χ4n) is 4.25. The summed E-state index contributed by atoms with van der Waals surface area (Å²) in [4.78, 5) is 4.16. The third-order valence-corrected chi connectivity index (χ3v) is 6.20. The highest BCUT2D eigenvalue weighted by molar-refractivity contribution is 5.15. The highest BCUT2D eigenvalue weighted by Gasteiger charge is 2.10. The number of nitrogens with zero attached hydrogens (tertiary/aromatic N) is 1. The second-order valence-electron chi connectivity index (χ2n) is 8.92. The van der Waals surface area contributed by atoms with E-state index >= 15 is 0 Å². The van der Waals surface area contributed by atoms with Crippen LogP contribution in [0.1, 0.15) is 134 Å².